The van der Waals surface area contributed by atoms with Crippen LogP contribution in [0, 0.1) is 0 Å². The summed E-state index contributed by atoms with van der Waals surface area (Å²) in [5.41, 5.74) is 10.5. The van der Waals surface area contributed by atoms with Crippen LogP contribution in [-0.2, 0) is 16.0 Å². The van der Waals surface area contributed by atoms with E-state index in [9.17, 15) is 4.79 Å². The molecular formula is C30H33N5O4. The van der Waals surface area contributed by atoms with E-state index in [1.54, 1.807) is 12.1 Å². The van der Waals surface area contributed by atoms with Gasteiger partial charge in [0.15, 0.2) is 11.6 Å². The number of nitrogens with one attached hydrogen (secondary N) is 1. The summed E-state index contributed by atoms with van der Waals surface area (Å²) >= 11 is 0. The number of aliphatic hydroxyl groups is 1. The van der Waals surface area contributed by atoms with Crippen LogP contribution >= 0.6 is 0 Å². The molecule has 9 nitrogen and oxygen atoms in total. The number of amides is 1. The second-order valence-electron chi connectivity index (χ2n) is 9.30. The van der Waals surface area contributed by atoms with Crippen LogP contribution in [0.5, 0.6) is 5.75 Å². The summed E-state index contributed by atoms with van der Waals surface area (Å²) in [4.78, 5) is 22.0. The SMILES string of the molecule is CCCCNC(=O)[C@]1(Cc2ccccc2N=[N+]=[N-])N=C(c2ccc(OCCCO)cc2)O[C@@H]1c1ccccc1. The molecule has 0 spiro atoms. The van der Waals surface area contributed by atoms with Gasteiger partial charge in [-0.1, -0.05) is 73.1 Å². The molecule has 3 aromatic carbocycles. The highest BCUT2D eigenvalue weighted by Crippen LogP contribution is 2.43. The molecule has 0 saturated carbocycles. The van der Waals surface area contributed by atoms with Crippen molar-refractivity contribution in [1.82, 2.24) is 5.32 Å². The topological polar surface area (TPSA) is 129 Å². The van der Waals surface area contributed by atoms with Crippen LogP contribution in [0.1, 0.15) is 49.0 Å². The molecule has 2 atom stereocenters. The number of benzene rings is 3. The Hall–Kier alpha value is -4.33. The number of carbonyl (C=O) groups excluding carboxylic acids is 1. The van der Waals surface area contributed by atoms with E-state index in [1.807, 2.05) is 66.7 Å². The Morgan fingerprint density at radius 3 is 2.56 bits per heavy atom. The maximum atomic E-state index is 14.0. The maximum absolute atomic E-state index is 14.0. The van der Waals surface area contributed by atoms with Crippen molar-refractivity contribution in [2.75, 3.05) is 19.8 Å². The minimum atomic E-state index is -1.35. The molecule has 0 saturated heterocycles. The summed E-state index contributed by atoms with van der Waals surface area (Å²) < 4.78 is 12.2. The van der Waals surface area contributed by atoms with E-state index in [4.69, 9.17) is 25.1 Å². The van der Waals surface area contributed by atoms with Crippen molar-refractivity contribution in [2.24, 2.45) is 10.1 Å². The monoisotopic (exact) mass is 527 g/mol. The number of aliphatic hydroxyl groups excluding tert-OH is 1. The second kappa shape index (κ2) is 13.5. The normalized spacial score (nSPS) is 18.0. The Morgan fingerprint density at radius 1 is 1.10 bits per heavy atom. The molecule has 202 valence electrons. The average Bonchev–Trinajstić information content (AvgIpc) is 3.36. The molecule has 3 aromatic rings. The van der Waals surface area contributed by atoms with Gasteiger partial charge in [0.1, 0.15) is 5.75 Å². The Kier molecular flexibility index (Phi) is 9.56. The van der Waals surface area contributed by atoms with Gasteiger partial charge in [0.25, 0.3) is 5.91 Å². The standard InChI is InChI=1S/C30H33N5O4/c1-2-3-18-32-29(37)30(21-24-12-7-8-13-26(24)34-35-31)27(22-10-5-4-6-11-22)39-28(33-30)23-14-16-25(17-15-23)38-20-9-19-36/h4-8,10-17,27,36H,2-3,9,18-21H2,1H3,(H,32,37)/t27-,30-/m1/s1. The van der Waals surface area contributed by atoms with Crippen molar-refractivity contribution >= 4 is 17.5 Å². The van der Waals surface area contributed by atoms with Crippen LogP contribution < -0.4 is 10.1 Å². The third-order valence-corrected chi connectivity index (χ3v) is 6.55. The van der Waals surface area contributed by atoms with Crippen LogP contribution in [-0.4, -0.2) is 42.2 Å². The molecular weight excluding hydrogens is 494 g/mol. The van der Waals surface area contributed by atoms with Gasteiger partial charge in [-0.25, -0.2) is 4.99 Å². The van der Waals surface area contributed by atoms with Gasteiger partial charge in [-0.3, -0.25) is 4.79 Å². The quantitative estimate of drug-likeness (QED) is 0.126. The first kappa shape index (κ1) is 27.7. The van der Waals surface area contributed by atoms with Crippen LogP contribution in [0.4, 0.5) is 5.69 Å². The lowest BCUT2D eigenvalue weighted by atomic mass is 9.81. The van der Waals surface area contributed by atoms with Crippen molar-refractivity contribution in [3.8, 4) is 5.75 Å². The van der Waals surface area contributed by atoms with Gasteiger partial charge in [0.05, 0.1) is 6.61 Å². The summed E-state index contributed by atoms with van der Waals surface area (Å²) in [5, 5.41) is 15.9. The number of hydrogen-bond acceptors (Lipinski definition) is 6. The van der Waals surface area contributed by atoms with E-state index >= 15 is 0 Å². The summed E-state index contributed by atoms with van der Waals surface area (Å²) in [6, 6.07) is 24.1. The number of unbranched alkanes of at least 4 members (excludes halogenated alkanes) is 1. The third kappa shape index (κ3) is 6.57. The minimum absolute atomic E-state index is 0.0643. The number of aliphatic imine (C=N–C) groups is 1. The maximum Gasteiger partial charge on any atom is 0.252 e. The number of nitrogens with zero attached hydrogens (tertiary/aromatic N) is 4. The average molecular weight is 528 g/mol. The lowest BCUT2D eigenvalue weighted by Gasteiger charge is -2.31. The zero-order valence-electron chi connectivity index (χ0n) is 22.0. The number of ether oxygens (including phenoxy) is 2. The van der Waals surface area contributed by atoms with Crippen LogP contribution in [0.15, 0.2) is 89.0 Å². The molecule has 0 radical (unpaired) electrons. The molecule has 1 aliphatic rings. The zero-order chi connectivity index (χ0) is 27.5. The Morgan fingerprint density at radius 2 is 1.85 bits per heavy atom. The first-order chi connectivity index (χ1) is 19.1. The van der Waals surface area contributed by atoms with Gasteiger partial charge >= 0.3 is 0 Å². The molecule has 2 N–H and O–H groups in total. The van der Waals surface area contributed by atoms with Crippen molar-refractivity contribution in [2.45, 2.75) is 44.2 Å². The highest BCUT2D eigenvalue weighted by molar-refractivity contribution is 6.01. The number of hydrogen-bond donors (Lipinski definition) is 2. The smallest absolute Gasteiger partial charge is 0.252 e. The molecule has 0 bridgehead atoms. The molecule has 1 aliphatic heterocycles. The van der Waals surface area contributed by atoms with E-state index in [0.29, 0.717) is 48.0 Å². The predicted molar refractivity (Wildman–Crippen MR) is 150 cm³/mol. The highest BCUT2D eigenvalue weighted by atomic mass is 16.5. The summed E-state index contributed by atoms with van der Waals surface area (Å²) in [5.74, 6) is 0.759. The summed E-state index contributed by atoms with van der Waals surface area (Å²) in [6.07, 6.45) is 1.78. The Balaban J connectivity index is 1.79. The van der Waals surface area contributed by atoms with Crippen LogP contribution in [0.25, 0.3) is 10.4 Å². The molecule has 0 aliphatic carbocycles. The van der Waals surface area contributed by atoms with Gasteiger partial charge in [-0.15, -0.1) is 0 Å². The lowest BCUT2D eigenvalue weighted by molar-refractivity contribution is -0.128. The van der Waals surface area contributed by atoms with Gasteiger partial charge < -0.3 is 19.9 Å². The van der Waals surface area contributed by atoms with E-state index in [0.717, 1.165) is 18.4 Å². The number of azide groups is 1. The van der Waals surface area contributed by atoms with Crippen molar-refractivity contribution in [3.63, 3.8) is 0 Å². The molecule has 1 amide bonds. The van der Waals surface area contributed by atoms with E-state index < -0.39 is 11.6 Å². The van der Waals surface area contributed by atoms with E-state index in [-0.39, 0.29) is 18.9 Å². The fourth-order valence-electron chi connectivity index (χ4n) is 4.54. The minimum Gasteiger partial charge on any atom is -0.494 e. The molecule has 39 heavy (non-hydrogen) atoms. The first-order valence-electron chi connectivity index (χ1n) is 13.2. The van der Waals surface area contributed by atoms with Gasteiger partial charge in [-0.05, 0) is 47.3 Å². The fourth-order valence-corrected chi connectivity index (χ4v) is 4.54. The molecule has 0 fully saturated rings. The molecule has 4 rings (SSSR count). The second-order valence-corrected chi connectivity index (χ2v) is 9.30. The van der Waals surface area contributed by atoms with E-state index in [2.05, 4.69) is 22.3 Å². The lowest BCUT2D eigenvalue weighted by Crippen LogP contribution is -2.50. The van der Waals surface area contributed by atoms with E-state index in [1.165, 1.54) is 0 Å². The first-order valence-corrected chi connectivity index (χ1v) is 13.2. The van der Waals surface area contributed by atoms with Crippen LogP contribution in [0.3, 0.4) is 0 Å². The number of carbonyl (C=O) groups is 1. The molecule has 0 aromatic heterocycles. The van der Waals surface area contributed by atoms with Crippen molar-refractivity contribution in [1.29, 1.82) is 0 Å². The Bertz CT molecular complexity index is 1320. The summed E-state index contributed by atoms with van der Waals surface area (Å²) in [7, 11) is 0. The fraction of sp³-hybridized carbons (Fsp3) is 0.333. The van der Waals surface area contributed by atoms with Crippen molar-refractivity contribution < 1.29 is 19.4 Å². The molecule has 0 unspecified atom stereocenters. The van der Waals surface area contributed by atoms with Crippen LogP contribution in [0.2, 0.25) is 0 Å². The number of rotatable bonds is 13. The van der Waals surface area contributed by atoms with Crippen molar-refractivity contribution in [3.05, 3.63) is 106 Å². The Labute approximate surface area is 228 Å². The molecule has 9 heteroatoms. The predicted octanol–water partition coefficient (Wildman–Crippen LogP) is 5.81. The van der Waals surface area contributed by atoms with Gasteiger partial charge in [0, 0.05) is 42.2 Å². The summed E-state index contributed by atoms with van der Waals surface area (Å²) in [6.45, 7) is 3.06. The van der Waals surface area contributed by atoms with Gasteiger partial charge in [-0.2, -0.15) is 0 Å². The highest BCUT2D eigenvalue weighted by Gasteiger charge is 2.53. The third-order valence-electron chi connectivity index (χ3n) is 6.55. The largest absolute Gasteiger partial charge is 0.494 e. The molecule has 1 heterocycles. The zero-order valence-corrected chi connectivity index (χ0v) is 22.0. The van der Waals surface area contributed by atoms with Gasteiger partial charge in [0.2, 0.25) is 5.90 Å².